The van der Waals surface area contributed by atoms with E-state index in [2.05, 4.69) is 48.5 Å². The third kappa shape index (κ3) is 28.0. The zero-order chi connectivity index (χ0) is 78.2. The molecule has 2 heterocycles. The zero-order valence-corrected chi connectivity index (χ0v) is 54.6. The molecule has 44 nitrogen and oxygen atoms in total. The average Bonchev–Trinajstić information content (AvgIpc) is 0.823. The fourth-order valence-electron chi connectivity index (χ4n) is 9.07. The largest absolute Gasteiger partial charge is 0.480 e. The van der Waals surface area contributed by atoms with Gasteiger partial charge in [-0.05, 0) is 37.6 Å². The number of nitrogens with two attached hydrogens (primary N) is 1. The van der Waals surface area contributed by atoms with E-state index >= 15 is 0 Å². The van der Waals surface area contributed by atoms with Crippen molar-refractivity contribution in [3.8, 4) is 0 Å². The van der Waals surface area contributed by atoms with Crippen molar-refractivity contribution in [3.05, 3.63) is 52.1 Å². The number of thiol groups is 1. The summed E-state index contributed by atoms with van der Waals surface area (Å²) < 4.78 is 0. The zero-order valence-electron chi connectivity index (χ0n) is 53.8. The van der Waals surface area contributed by atoms with Gasteiger partial charge in [-0.25, -0.2) is 19.6 Å². The molecule has 0 saturated heterocycles. The third-order valence-electron chi connectivity index (χ3n) is 15.0. The van der Waals surface area contributed by atoms with Crippen LogP contribution in [0, 0.1) is 17.8 Å². The van der Waals surface area contributed by atoms with E-state index in [1.165, 1.54) is 30.5 Å². The number of aromatic nitrogens is 4. The lowest BCUT2D eigenvalue weighted by Gasteiger charge is -2.33. The van der Waals surface area contributed by atoms with E-state index in [9.17, 15) is 145 Å². The Hall–Kier alpha value is -9.19. The molecule has 3 aromatic rings. The summed E-state index contributed by atoms with van der Waals surface area (Å²) in [5.41, 5.74) is 5.51. The Morgan fingerprint density at radius 1 is 0.549 bits per heavy atom. The van der Waals surface area contributed by atoms with Gasteiger partial charge in [-0.3, -0.25) is 48.1 Å². The molecule has 0 aliphatic heterocycles. The number of carboxylic acids is 2. The fraction of sp³-hybridized carbons (Fsp3) is 0.579. The number of H-pyrrole nitrogens is 1. The van der Waals surface area contributed by atoms with Gasteiger partial charge in [0, 0.05) is 48.6 Å². The highest BCUT2D eigenvalue weighted by Crippen LogP contribution is 2.23. The molecule has 0 aliphatic rings. The molecular formula is C57H81N11O33S. The van der Waals surface area contributed by atoms with E-state index in [1.54, 1.807) is 0 Å². The van der Waals surface area contributed by atoms with E-state index in [1.807, 2.05) is 16.0 Å². The lowest BCUT2D eigenvalue weighted by Crippen LogP contribution is -2.62. The van der Waals surface area contributed by atoms with Crippen LogP contribution in [-0.4, -0.2) is 319 Å². The van der Waals surface area contributed by atoms with E-state index < -0.39 is 250 Å². The molecule has 568 valence electrons. The number of aliphatic carboxylic acids is 2. The monoisotopic (exact) mass is 1480 g/mol. The van der Waals surface area contributed by atoms with Gasteiger partial charge in [0.25, 0.3) is 11.5 Å². The molecule has 2 aromatic heterocycles. The summed E-state index contributed by atoms with van der Waals surface area (Å²) in [4.78, 5) is 193. The van der Waals surface area contributed by atoms with Crippen LogP contribution >= 0.6 is 12.6 Å². The van der Waals surface area contributed by atoms with Gasteiger partial charge in [0.2, 0.25) is 29.6 Å². The number of aliphatic hydroxyl groups is 16. The number of nitrogens with one attached hydrogen (secondary N) is 7. The molecule has 27 N–H and O–H groups in total. The number of nitrogen functional groups attached to an aromatic ring is 1. The van der Waals surface area contributed by atoms with Gasteiger partial charge in [0.15, 0.2) is 22.7 Å². The predicted octanol–water partition coefficient (Wildman–Crippen LogP) is -13.3. The second-order valence-electron chi connectivity index (χ2n) is 22.4. The third-order valence-corrected chi connectivity index (χ3v) is 15.4. The van der Waals surface area contributed by atoms with Gasteiger partial charge < -0.3 is 130 Å². The molecule has 5 amide bonds. The van der Waals surface area contributed by atoms with E-state index in [4.69, 9.17) is 24.9 Å². The van der Waals surface area contributed by atoms with E-state index in [0.717, 1.165) is 13.8 Å². The minimum absolute atomic E-state index is 0.00616. The fourth-order valence-corrected chi connectivity index (χ4v) is 9.32. The van der Waals surface area contributed by atoms with Crippen LogP contribution in [0.1, 0.15) is 62.0 Å². The number of hydrogen-bond acceptors (Lipinski definition) is 37. The molecular weight excluding hydrogens is 1400 g/mol. The Morgan fingerprint density at radius 3 is 1.47 bits per heavy atom. The number of ketones is 3. The van der Waals surface area contributed by atoms with Crippen LogP contribution in [0.2, 0.25) is 0 Å². The molecule has 0 bridgehead atoms. The number of aromatic amines is 1. The molecule has 0 saturated carbocycles. The summed E-state index contributed by atoms with van der Waals surface area (Å²) in [6.07, 6.45) is -32.9. The molecule has 0 spiro atoms. The second kappa shape index (κ2) is 44.9. The Balaban J connectivity index is 0.00000835. The summed E-state index contributed by atoms with van der Waals surface area (Å²) in [7, 11) is 0. The molecule has 0 fully saturated rings. The number of Topliss-reactive ketones (excluding diaryl/α,β-unsaturated/α-hetero) is 3. The Labute approximate surface area is 579 Å². The Kier molecular flexibility index (Phi) is 40.0. The topological polar surface area (TPSA) is 773 Å². The number of benzene rings is 1. The van der Waals surface area contributed by atoms with Crippen molar-refractivity contribution in [1.82, 2.24) is 46.5 Å². The number of carbonyl (C=O) groups excluding carboxylic acids is 12. The highest BCUT2D eigenvalue weighted by Gasteiger charge is 2.45. The van der Waals surface area contributed by atoms with Crippen LogP contribution in [0.5, 0.6) is 0 Å². The first-order valence-corrected chi connectivity index (χ1v) is 30.5. The van der Waals surface area contributed by atoms with Gasteiger partial charge in [-0.1, -0.05) is 6.92 Å². The van der Waals surface area contributed by atoms with Gasteiger partial charge >= 0.3 is 24.2 Å². The summed E-state index contributed by atoms with van der Waals surface area (Å²) in [5, 5.41) is 198. The summed E-state index contributed by atoms with van der Waals surface area (Å²) in [5.74, 6) is -21.7. The first kappa shape index (κ1) is 90.8. The average molecular weight is 1480 g/mol. The molecule has 1 aromatic carbocycles. The molecule has 0 radical (unpaired) electrons. The summed E-state index contributed by atoms with van der Waals surface area (Å²) in [6, 6.07) is -5.10. The van der Waals surface area contributed by atoms with Crippen LogP contribution in [-0.2, 0) is 68.9 Å². The summed E-state index contributed by atoms with van der Waals surface area (Å²) >= 11 is 3.78. The lowest BCUT2D eigenvalue weighted by atomic mass is 9.86. The van der Waals surface area contributed by atoms with Crippen molar-refractivity contribution in [2.75, 3.05) is 43.2 Å². The second-order valence-corrected chi connectivity index (χ2v) is 22.8. The SMILES string of the molecule is C[C@H](CC(=O)[C@@H](NC(=O)[C@@H](CC(=O)[C@H](C)NC(=O)[C@@H](CC(=O)CC[C@H](NC(=O)c1ccc(NCc2cnc3nc(N)[nH]c(=O)c3n2)cc1)C(=O)O)[C@@H](O)[C@H](O)[C@H](O)CO)[C@@H](O)[C@H](O)[C@H](O)CO)[C@@H](O)[C@H](O)[C@H](O)CO)C(=O)N[C@H](C(=O)N[C@@H](CS)C(=O)O)[C@@H](O)[C@H](O)[C@H](O)CO.O=C=O.O=C=O. The molecule has 20 atom stereocenters. The number of carboxylic acid groups (broad SMARTS) is 2. The number of rotatable bonds is 43. The number of fused-ring (bicyclic) bond motifs is 1. The maximum atomic E-state index is 14.3. The molecule has 102 heavy (non-hydrogen) atoms. The van der Waals surface area contributed by atoms with Crippen LogP contribution < -0.4 is 43.2 Å². The Bertz CT molecular complexity index is 3410. The molecule has 3 rings (SSSR count). The maximum Gasteiger partial charge on any atom is 0.373 e. The first-order valence-electron chi connectivity index (χ1n) is 29.9. The minimum Gasteiger partial charge on any atom is -0.480 e. The highest BCUT2D eigenvalue weighted by molar-refractivity contribution is 7.80. The standard InChI is InChI=1S/C55H81N11O29S.2CO2/c1-19(47(86)64-36(45(85)43(83)34(77)17-70)51(90)62-28(18-96)54(94)95)9-30(73)35(44(84)42(82)33(76)16-69)63-50(89)26(39(79)41(81)32(75)15-68)11-29(72)20(2)59-49(88)25(38(78)40(80)31(74)14-67)10-24(71)7-8-27(53(92)93)61-48(87)21-3-5-22(6-4-21)57-12-23-13-58-46-37(60-23)52(91)66-55(56)65-46;2*2-1-3/h3-6,13,19-20,25-28,31-36,38-45,57,67-70,74-85,96H,7-12,14-18H2,1-2H3,(H,59,88)(H,61,87)(H,62,90)(H,63,89)(H,64,86)(H,92,93)(H,94,95)(H3,56,58,65,66,91);;/t19-,20+,25+,26+,27+,28+,31-,32-,33-,34-,35-,36+,38-,39-,40-,41-,42-,43-,44-,45-;;/m1../s1. The van der Waals surface area contributed by atoms with Crippen molar-refractivity contribution >= 4 is 107 Å². The van der Waals surface area contributed by atoms with Crippen LogP contribution in [0.4, 0.5) is 11.6 Å². The van der Waals surface area contributed by atoms with Gasteiger partial charge in [0.05, 0.1) is 74.9 Å². The maximum absolute atomic E-state index is 14.3. The minimum atomic E-state index is -2.74. The van der Waals surface area contributed by atoms with Crippen molar-refractivity contribution in [2.45, 2.75) is 156 Å². The molecule has 0 unspecified atom stereocenters. The lowest BCUT2D eigenvalue weighted by molar-refractivity contribution is -0.193. The number of nitrogens with zero attached hydrogens (tertiary/aromatic N) is 3. The molecule has 45 heteroatoms. The molecule has 0 aliphatic carbocycles. The van der Waals surface area contributed by atoms with Gasteiger partial charge in [-0.2, -0.15) is 36.8 Å². The van der Waals surface area contributed by atoms with Crippen LogP contribution in [0.25, 0.3) is 11.2 Å². The predicted molar refractivity (Wildman–Crippen MR) is 335 cm³/mol. The van der Waals surface area contributed by atoms with E-state index in [-0.39, 0.29) is 41.5 Å². The number of anilines is 2. The van der Waals surface area contributed by atoms with Crippen LogP contribution in [0.3, 0.4) is 0 Å². The number of hydrogen-bond donors (Lipinski definition) is 27. The van der Waals surface area contributed by atoms with E-state index in [0.29, 0.717) is 11.4 Å². The number of amides is 5. The quantitative estimate of drug-likeness (QED) is 0.0234. The van der Waals surface area contributed by atoms with Gasteiger partial charge in [-0.15, -0.1) is 0 Å². The normalized spacial score (nSPS) is 17.0. The van der Waals surface area contributed by atoms with Crippen molar-refractivity contribution < 1.29 is 159 Å². The van der Waals surface area contributed by atoms with Crippen LogP contribution in [0.15, 0.2) is 35.3 Å². The van der Waals surface area contributed by atoms with Crippen molar-refractivity contribution in [3.63, 3.8) is 0 Å². The summed E-state index contributed by atoms with van der Waals surface area (Å²) in [6.45, 7) is -3.28. The number of carbonyl (C=O) groups is 10. The highest BCUT2D eigenvalue weighted by atomic mass is 32.1. The van der Waals surface area contributed by atoms with Crippen molar-refractivity contribution in [1.29, 1.82) is 0 Å². The Morgan fingerprint density at radius 2 is 1.00 bits per heavy atom. The smallest absolute Gasteiger partial charge is 0.373 e. The van der Waals surface area contributed by atoms with Gasteiger partial charge in [0.1, 0.15) is 91.0 Å². The number of aliphatic hydroxyl groups excluding tert-OH is 16. The van der Waals surface area contributed by atoms with Crippen molar-refractivity contribution in [2.24, 2.45) is 17.8 Å². The first-order chi connectivity index (χ1) is 47.8.